The van der Waals surface area contributed by atoms with Gasteiger partial charge in [0.25, 0.3) is 5.91 Å². The Morgan fingerprint density at radius 2 is 1.41 bits per heavy atom. The molecule has 2 N–H and O–H groups in total. The van der Waals surface area contributed by atoms with E-state index in [4.69, 9.17) is 4.74 Å². The Morgan fingerprint density at radius 3 is 2.15 bits per heavy atom. The van der Waals surface area contributed by atoms with E-state index in [1.807, 2.05) is 110 Å². The predicted octanol–water partition coefficient (Wildman–Crippen LogP) is 6.92. The summed E-state index contributed by atoms with van der Waals surface area (Å²) in [6, 6.07) is 28.6. The minimum atomic E-state index is -0.241. The fraction of sp³-hybridized carbons (Fsp3) is 0.188. The van der Waals surface area contributed by atoms with E-state index in [9.17, 15) is 9.59 Å². The summed E-state index contributed by atoms with van der Waals surface area (Å²) in [5, 5.41) is 2.97. The molecule has 0 spiro atoms. The van der Waals surface area contributed by atoms with E-state index in [-0.39, 0.29) is 11.9 Å². The number of ether oxygens (including phenoxy) is 1. The summed E-state index contributed by atoms with van der Waals surface area (Å²) < 4.78 is 8.96. The number of urea groups is 1. The van der Waals surface area contributed by atoms with Gasteiger partial charge in [-0.25, -0.2) is 4.79 Å². The van der Waals surface area contributed by atoms with Crippen LogP contribution >= 0.6 is 11.9 Å². The second kappa shape index (κ2) is 13.1. The quantitative estimate of drug-likeness (QED) is 0.213. The van der Waals surface area contributed by atoms with Crippen LogP contribution in [-0.2, 0) is 0 Å². The van der Waals surface area contributed by atoms with E-state index < -0.39 is 0 Å². The zero-order valence-corrected chi connectivity index (χ0v) is 25.0. The molecular weight excluding hydrogens is 534 g/mol. The topological polar surface area (TPSA) is 77.1 Å². The highest BCUT2D eigenvalue weighted by Crippen LogP contribution is 2.35. The molecule has 3 amide bonds. The van der Waals surface area contributed by atoms with Gasteiger partial charge >= 0.3 is 6.03 Å². The van der Waals surface area contributed by atoms with Crippen molar-refractivity contribution in [3.8, 4) is 16.9 Å². The van der Waals surface area contributed by atoms with Crippen LogP contribution in [0.25, 0.3) is 11.1 Å². The number of anilines is 4. The Morgan fingerprint density at radius 1 is 0.732 bits per heavy atom. The van der Waals surface area contributed by atoms with Gasteiger partial charge < -0.3 is 24.6 Å². The van der Waals surface area contributed by atoms with Crippen LogP contribution < -0.4 is 24.6 Å². The van der Waals surface area contributed by atoms with Crippen LogP contribution in [0.1, 0.15) is 10.4 Å². The molecule has 0 saturated heterocycles. The van der Waals surface area contributed by atoms with Crippen LogP contribution in [0, 0.1) is 0 Å². The fourth-order valence-electron chi connectivity index (χ4n) is 4.10. The molecule has 0 aromatic heterocycles. The molecule has 0 radical (unpaired) electrons. The van der Waals surface area contributed by atoms with Crippen molar-refractivity contribution in [1.82, 2.24) is 4.90 Å². The first-order valence-electron chi connectivity index (χ1n) is 13.0. The molecule has 41 heavy (non-hydrogen) atoms. The number of benzene rings is 4. The maximum absolute atomic E-state index is 13.0. The number of amides is 3. The van der Waals surface area contributed by atoms with Gasteiger partial charge in [0, 0.05) is 63.6 Å². The van der Waals surface area contributed by atoms with Crippen LogP contribution in [0.3, 0.4) is 0 Å². The van der Waals surface area contributed by atoms with Crippen LogP contribution in [0.15, 0.2) is 95.9 Å². The highest BCUT2D eigenvalue weighted by Gasteiger charge is 2.14. The molecule has 0 saturated carbocycles. The van der Waals surface area contributed by atoms with Crippen LogP contribution in [0.4, 0.5) is 27.5 Å². The first-order chi connectivity index (χ1) is 19.7. The Balaban J connectivity index is 1.47. The Labute approximate surface area is 246 Å². The third-order valence-electron chi connectivity index (χ3n) is 6.44. The number of rotatable bonds is 9. The van der Waals surface area contributed by atoms with E-state index in [1.54, 1.807) is 38.1 Å². The number of hydrogen-bond donors (Lipinski definition) is 2. The van der Waals surface area contributed by atoms with Gasteiger partial charge in [-0.2, -0.15) is 0 Å². The Bertz CT molecular complexity index is 1540. The van der Waals surface area contributed by atoms with Crippen molar-refractivity contribution >= 4 is 46.6 Å². The Kier molecular flexibility index (Phi) is 9.41. The van der Waals surface area contributed by atoms with Crippen molar-refractivity contribution in [3.05, 3.63) is 96.6 Å². The van der Waals surface area contributed by atoms with Crippen LogP contribution in [0.5, 0.6) is 5.75 Å². The summed E-state index contributed by atoms with van der Waals surface area (Å²) in [6.45, 7) is 0. The van der Waals surface area contributed by atoms with Gasteiger partial charge in [-0.1, -0.05) is 30.3 Å². The first-order valence-corrected chi connectivity index (χ1v) is 13.8. The first kappa shape index (κ1) is 29.4. The van der Waals surface area contributed by atoms with Crippen LogP contribution in [0.2, 0.25) is 0 Å². The lowest BCUT2D eigenvalue weighted by Crippen LogP contribution is -2.31. The van der Waals surface area contributed by atoms with E-state index in [0.717, 1.165) is 38.8 Å². The Hall–Kier alpha value is -4.63. The van der Waals surface area contributed by atoms with E-state index in [2.05, 4.69) is 10.0 Å². The average molecular weight is 570 g/mol. The molecule has 0 atom stereocenters. The third kappa shape index (κ3) is 7.32. The van der Waals surface area contributed by atoms with E-state index in [1.165, 1.54) is 11.9 Å². The van der Waals surface area contributed by atoms with Gasteiger partial charge in [0.1, 0.15) is 5.75 Å². The standard InChI is InChI=1S/C32H35N5O3S/c1-35(2)27-14-9-15-28(21-27)37(5)32(39)33-25-12-8-13-26(20-25)34-41-30-19-23(16-17-29(30)40-6)22-10-7-11-24(18-22)31(38)36(3)4/h7-21,34H,1-6H3,(H,33,39). The van der Waals surface area contributed by atoms with Gasteiger partial charge in [0.2, 0.25) is 0 Å². The zero-order chi connectivity index (χ0) is 29.5. The molecular formula is C32H35N5O3S. The molecule has 8 nitrogen and oxygen atoms in total. The summed E-state index contributed by atoms with van der Waals surface area (Å²) in [4.78, 5) is 31.5. The average Bonchev–Trinajstić information content (AvgIpc) is 2.99. The highest BCUT2D eigenvalue weighted by molar-refractivity contribution is 8.00. The molecule has 0 aliphatic rings. The van der Waals surface area contributed by atoms with Crippen molar-refractivity contribution in [1.29, 1.82) is 0 Å². The minimum absolute atomic E-state index is 0.0446. The summed E-state index contributed by atoms with van der Waals surface area (Å²) in [7, 11) is 10.8. The summed E-state index contributed by atoms with van der Waals surface area (Å²) >= 11 is 1.41. The molecule has 0 aliphatic heterocycles. The summed E-state index contributed by atoms with van der Waals surface area (Å²) in [6.07, 6.45) is 0. The lowest BCUT2D eigenvalue weighted by Gasteiger charge is -2.21. The number of nitrogens with one attached hydrogen (secondary N) is 2. The maximum Gasteiger partial charge on any atom is 0.326 e. The SMILES string of the molecule is COc1ccc(-c2cccc(C(=O)N(C)C)c2)cc1SNc1cccc(NC(=O)N(C)c2cccc(N(C)C)c2)c1. The van der Waals surface area contributed by atoms with Crippen molar-refractivity contribution in [2.45, 2.75) is 4.90 Å². The second-order valence-electron chi connectivity index (χ2n) is 9.83. The molecule has 0 bridgehead atoms. The van der Waals surface area contributed by atoms with E-state index >= 15 is 0 Å². The maximum atomic E-state index is 13.0. The van der Waals surface area contributed by atoms with Crippen molar-refractivity contribution < 1.29 is 14.3 Å². The number of carbonyl (C=O) groups excluding carboxylic acids is 2. The lowest BCUT2D eigenvalue weighted by atomic mass is 10.0. The van der Waals surface area contributed by atoms with Crippen molar-refractivity contribution in [3.63, 3.8) is 0 Å². The third-order valence-corrected chi connectivity index (χ3v) is 7.32. The van der Waals surface area contributed by atoms with Crippen LogP contribution in [-0.4, -0.2) is 59.2 Å². The monoisotopic (exact) mass is 569 g/mol. The molecule has 0 unspecified atom stereocenters. The van der Waals surface area contributed by atoms with Gasteiger partial charge in [-0.15, -0.1) is 0 Å². The van der Waals surface area contributed by atoms with Gasteiger partial charge in [0.05, 0.1) is 12.0 Å². The molecule has 0 heterocycles. The fourth-order valence-corrected chi connectivity index (χ4v) is 4.90. The minimum Gasteiger partial charge on any atom is -0.496 e. The molecule has 4 aromatic rings. The molecule has 4 aromatic carbocycles. The van der Waals surface area contributed by atoms with Gasteiger partial charge in [0.15, 0.2) is 0 Å². The van der Waals surface area contributed by atoms with Crippen molar-refractivity contribution in [2.75, 3.05) is 62.2 Å². The zero-order valence-electron chi connectivity index (χ0n) is 24.1. The van der Waals surface area contributed by atoms with E-state index in [0.29, 0.717) is 11.3 Å². The van der Waals surface area contributed by atoms with Gasteiger partial charge in [-0.3, -0.25) is 9.69 Å². The largest absolute Gasteiger partial charge is 0.496 e. The molecule has 0 aliphatic carbocycles. The number of nitrogens with zero attached hydrogens (tertiary/aromatic N) is 3. The molecule has 212 valence electrons. The number of carbonyl (C=O) groups is 2. The second-order valence-corrected chi connectivity index (χ2v) is 10.7. The molecule has 9 heteroatoms. The predicted molar refractivity (Wildman–Crippen MR) is 171 cm³/mol. The van der Waals surface area contributed by atoms with Crippen molar-refractivity contribution in [2.24, 2.45) is 0 Å². The lowest BCUT2D eigenvalue weighted by molar-refractivity contribution is 0.0827. The molecule has 0 fully saturated rings. The smallest absolute Gasteiger partial charge is 0.326 e. The highest BCUT2D eigenvalue weighted by atomic mass is 32.2. The number of hydrogen-bond acceptors (Lipinski definition) is 6. The van der Waals surface area contributed by atoms with Gasteiger partial charge in [-0.05, 0) is 83.7 Å². The molecule has 4 rings (SSSR count). The number of methoxy groups -OCH3 is 1. The summed E-state index contributed by atoms with van der Waals surface area (Å²) in [5.74, 6) is 0.676. The summed E-state index contributed by atoms with van der Waals surface area (Å²) in [5.41, 5.74) is 5.82. The normalized spacial score (nSPS) is 10.5.